The molecule has 0 aliphatic rings. The molecule has 1 amide bonds. The van der Waals surface area contributed by atoms with Gasteiger partial charge in [0.15, 0.2) is 0 Å². The van der Waals surface area contributed by atoms with E-state index in [9.17, 15) is 9.59 Å². The summed E-state index contributed by atoms with van der Waals surface area (Å²) in [5.41, 5.74) is 6.97. The summed E-state index contributed by atoms with van der Waals surface area (Å²) < 4.78 is 5.04. The molecule has 6 nitrogen and oxygen atoms in total. The van der Waals surface area contributed by atoms with Gasteiger partial charge in [-0.25, -0.2) is 9.59 Å². The number of carboxylic acid groups (broad SMARTS) is 1. The standard InChI is InChI=1S/C15H22N2O4S2/c1-15(2,3)23-22-9-12(13(18)19)17-14(20)21-8-10-4-6-11(16)7-5-10/h4-7,12H,8-9,16H2,1-3H3,(H,17,20)(H,18,19)/t12-/m1/s1. The molecule has 1 aromatic rings. The van der Waals surface area contributed by atoms with Crippen LogP contribution in [-0.4, -0.2) is 33.7 Å². The van der Waals surface area contributed by atoms with E-state index < -0.39 is 18.1 Å². The third-order valence-electron chi connectivity index (χ3n) is 2.48. The minimum Gasteiger partial charge on any atom is -0.480 e. The van der Waals surface area contributed by atoms with Gasteiger partial charge in [-0.05, 0) is 17.7 Å². The van der Waals surface area contributed by atoms with Gasteiger partial charge in [-0.2, -0.15) is 0 Å². The van der Waals surface area contributed by atoms with E-state index in [-0.39, 0.29) is 17.1 Å². The Labute approximate surface area is 143 Å². The minimum atomic E-state index is -1.09. The quantitative estimate of drug-likeness (QED) is 0.508. The number of hydrogen-bond donors (Lipinski definition) is 3. The van der Waals surface area contributed by atoms with Gasteiger partial charge in [0.25, 0.3) is 0 Å². The first-order valence-corrected chi connectivity index (χ1v) is 9.30. The van der Waals surface area contributed by atoms with Crippen LogP contribution in [0.2, 0.25) is 0 Å². The maximum atomic E-state index is 11.7. The first-order valence-electron chi connectivity index (χ1n) is 6.98. The maximum Gasteiger partial charge on any atom is 0.408 e. The molecule has 8 heteroatoms. The fourth-order valence-electron chi connectivity index (χ4n) is 1.40. The molecule has 1 rings (SSSR count). The van der Waals surface area contributed by atoms with E-state index in [0.717, 1.165) is 5.56 Å². The van der Waals surface area contributed by atoms with E-state index in [0.29, 0.717) is 5.69 Å². The molecule has 0 fully saturated rings. The number of carboxylic acids is 1. The van der Waals surface area contributed by atoms with E-state index in [1.165, 1.54) is 10.8 Å². The zero-order chi connectivity index (χ0) is 17.5. The van der Waals surface area contributed by atoms with Gasteiger partial charge >= 0.3 is 12.1 Å². The first-order chi connectivity index (χ1) is 10.7. The van der Waals surface area contributed by atoms with Crippen LogP contribution in [0.3, 0.4) is 0 Å². The second-order valence-corrected chi connectivity index (χ2v) is 9.00. The summed E-state index contributed by atoms with van der Waals surface area (Å²) in [6.45, 7) is 6.17. The summed E-state index contributed by atoms with van der Waals surface area (Å²) in [5.74, 6) is -0.828. The van der Waals surface area contributed by atoms with Crippen LogP contribution in [0.25, 0.3) is 0 Å². The predicted molar refractivity (Wildman–Crippen MR) is 95.4 cm³/mol. The summed E-state index contributed by atoms with van der Waals surface area (Å²) in [5, 5.41) is 11.5. The molecule has 0 heterocycles. The number of ether oxygens (including phenoxy) is 1. The van der Waals surface area contributed by atoms with Gasteiger partial charge in [0.1, 0.15) is 12.6 Å². The van der Waals surface area contributed by atoms with E-state index in [4.69, 9.17) is 15.6 Å². The van der Waals surface area contributed by atoms with Gasteiger partial charge in [0, 0.05) is 16.2 Å². The van der Waals surface area contributed by atoms with Gasteiger partial charge < -0.3 is 20.9 Å². The zero-order valence-electron chi connectivity index (χ0n) is 13.4. The lowest BCUT2D eigenvalue weighted by Gasteiger charge is -2.19. The first kappa shape index (κ1) is 19.5. The molecule has 0 saturated carbocycles. The fraction of sp³-hybridized carbons (Fsp3) is 0.467. The van der Waals surface area contributed by atoms with Crippen molar-refractivity contribution in [3.05, 3.63) is 29.8 Å². The molecule has 0 bridgehead atoms. The van der Waals surface area contributed by atoms with Crippen molar-refractivity contribution in [2.75, 3.05) is 11.5 Å². The highest BCUT2D eigenvalue weighted by molar-refractivity contribution is 8.77. The molecule has 0 unspecified atom stereocenters. The third-order valence-corrected chi connectivity index (χ3v) is 5.83. The van der Waals surface area contributed by atoms with Crippen LogP contribution in [0.5, 0.6) is 0 Å². The Kier molecular flexibility index (Phi) is 7.57. The molecular formula is C15H22N2O4S2. The average molecular weight is 358 g/mol. The van der Waals surface area contributed by atoms with Crippen molar-refractivity contribution in [2.45, 2.75) is 38.2 Å². The lowest BCUT2D eigenvalue weighted by atomic mass is 10.2. The Balaban J connectivity index is 2.41. The molecule has 0 aromatic heterocycles. The van der Waals surface area contributed by atoms with Crippen molar-refractivity contribution in [3.8, 4) is 0 Å². The van der Waals surface area contributed by atoms with Crippen LogP contribution >= 0.6 is 21.6 Å². The number of carbonyl (C=O) groups excluding carboxylic acids is 1. The van der Waals surface area contributed by atoms with E-state index in [1.807, 2.05) is 20.8 Å². The normalized spacial score (nSPS) is 12.5. The van der Waals surface area contributed by atoms with E-state index >= 15 is 0 Å². The van der Waals surface area contributed by atoms with Crippen LogP contribution in [0.1, 0.15) is 26.3 Å². The second kappa shape index (κ2) is 8.93. The van der Waals surface area contributed by atoms with Crippen LogP contribution in [-0.2, 0) is 16.1 Å². The lowest BCUT2D eigenvalue weighted by molar-refractivity contribution is -0.138. The van der Waals surface area contributed by atoms with Crippen molar-refractivity contribution in [1.82, 2.24) is 5.32 Å². The number of alkyl carbamates (subject to hydrolysis) is 1. The molecule has 0 spiro atoms. The van der Waals surface area contributed by atoms with Crippen LogP contribution in [0.4, 0.5) is 10.5 Å². The smallest absolute Gasteiger partial charge is 0.408 e. The van der Waals surface area contributed by atoms with Gasteiger partial charge in [-0.1, -0.05) is 54.5 Å². The molecule has 1 atom stereocenters. The van der Waals surface area contributed by atoms with E-state index in [2.05, 4.69) is 5.32 Å². The number of carbonyl (C=O) groups is 2. The van der Waals surface area contributed by atoms with Gasteiger partial charge in [-0.15, -0.1) is 0 Å². The molecule has 0 aliphatic carbocycles. The molecule has 23 heavy (non-hydrogen) atoms. The number of benzene rings is 1. The molecule has 128 valence electrons. The number of nitrogens with two attached hydrogens (primary N) is 1. The van der Waals surface area contributed by atoms with Gasteiger partial charge in [0.2, 0.25) is 0 Å². The largest absolute Gasteiger partial charge is 0.480 e. The monoisotopic (exact) mass is 358 g/mol. The highest BCUT2D eigenvalue weighted by Gasteiger charge is 2.22. The number of aliphatic carboxylic acids is 1. The number of nitrogen functional groups attached to an aromatic ring is 1. The summed E-state index contributed by atoms with van der Waals surface area (Å²) in [6, 6.07) is 5.91. The highest BCUT2D eigenvalue weighted by atomic mass is 33.1. The number of rotatable bonds is 7. The number of anilines is 1. The van der Waals surface area contributed by atoms with Crippen LogP contribution in [0, 0.1) is 0 Å². The summed E-state index contributed by atoms with van der Waals surface area (Å²) in [4.78, 5) is 22.9. The zero-order valence-corrected chi connectivity index (χ0v) is 15.0. The third kappa shape index (κ3) is 8.61. The second-order valence-electron chi connectivity index (χ2n) is 5.83. The minimum absolute atomic E-state index is 0.0172. The molecule has 1 aromatic carbocycles. The Bertz CT molecular complexity index is 529. The lowest BCUT2D eigenvalue weighted by Crippen LogP contribution is -2.42. The van der Waals surface area contributed by atoms with Crippen molar-refractivity contribution < 1.29 is 19.4 Å². The van der Waals surface area contributed by atoms with Crippen molar-refractivity contribution in [1.29, 1.82) is 0 Å². The number of nitrogens with one attached hydrogen (secondary N) is 1. The van der Waals surface area contributed by atoms with Crippen LogP contribution < -0.4 is 11.1 Å². The maximum absolute atomic E-state index is 11.7. The number of hydrogen-bond acceptors (Lipinski definition) is 6. The Morgan fingerprint density at radius 3 is 2.43 bits per heavy atom. The van der Waals surface area contributed by atoms with Crippen molar-refractivity contribution in [3.63, 3.8) is 0 Å². The predicted octanol–water partition coefficient (Wildman–Crippen LogP) is 3.13. The van der Waals surface area contributed by atoms with Gasteiger partial charge in [0.05, 0.1) is 0 Å². The van der Waals surface area contributed by atoms with Crippen molar-refractivity contribution in [2.24, 2.45) is 0 Å². The molecule has 0 aliphatic heterocycles. The highest BCUT2D eigenvalue weighted by Crippen LogP contribution is 2.35. The fourth-order valence-corrected chi connectivity index (χ4v) is 3.86. The Morgan fingerprint density at radius 2 is 1.91 bits per heavy atom. The van der Waals surface area contributed by atoms with Gasteiger partial charge in [-0.3, -0.25) is 0 Å². The van der Waals surface area contributed by atoms with Crippen LogP contribution in [0.15, 0.2) is 24.3 Å². The van der Waals surface area contributed by atoms with E-state index in [1.54, 1.807) is 35.1 Å². The molecule has 4 N–H and O–H groups in total. The topological polar surface area (TPSA) is 102 Å². The summed E-state index contributed by atoms with van der Waals surface area (Å²) in [7, 11) is 2.97. The Hall–Kier alpha value is -1.54. The SMILES string of the molecule is CC(C)(C)SSC[C@@H](NC(=O)OCc1ccc(N)cc1)C(=O)O. The number of amides is 1. The summed E-state index contributed by atoms with van der Waals surface area (Å²) in [6.07, 6.45) is -0.754. The molecule has 0 radical (unpaired) electrons. The Morgan fingerprint density at radius 1 is 1.30 bits per heavy atom. The average Bonchev–Trinajstić information content (AvgIpc) is 2.44. The molecule has 0 saturated heterocycles. The van der Waals surface area contributed by atoms with Crippen molar-refractivity contribution >= 4 is 39.3 Å². The summed E-state index contributed by atoms with van der Waals surface area (Å²) >= 11 is 0. The molecular weight excluding hydrogens is 336 g/mol.